The Hall–Kier alpha value is -3.02. The quantitative estimate of drug-likeness (QED) is 0.703. The van der Waals surface area contributed by atoms with Gasteiger partial charge in [0.1, 0.15) is 0 Å². The molecule has 0 aromatic heterocycles. The molecule has 0 saturated carbocycles. The minimum atomic E-state index is -0.280. The molecule has 0 heterocycles. The fraction of sp³-hybridized carbons (Fsp3) is 0.364. The van der Waals surface area contributed by atoms with Crippen LogP contribution in [0.15, 0.2) is 42.5 Å². The van der Waals surface area contributed by atoms with E-state index in [0.717, 1.165) is 12.8 Å². The third-order valence-corrected chi connectivity index (χ3v) is 3.90. The standard InChI is InChI=1S/C22H28N2O4/c1-5-12-27-19-11-10-16(15-20(19)28-13-6-2)21(25)23-18-9-7-8-17(14-18)22(26)24(3)4/h7-11,14-15H,5-6,12-13H2,1-4H3,(H,23,25). The molecule has 2 rings (SSSR count). The van der Waals surface area contributed by atoms with Crippen LogP contribution >= 0.6 is 0 Å². The Labute approximate surface area is 166 Å². The number of carbonyl (C=O) groups is 2. The molecule has 2 amide bonds. The summed E-state index contributed by atoms with van der Waals surface area (Å²) in [6.45, 7) is 5.18. The van der Waals surface area contributed by atoms with E-state index in [1.54, 1.807) is 56.6 Å². The molecule has 0 bridgehead atoms. The van der Waals surface area contributed by atoms with Crippen LogP contribution < -0.4 is 14.8 Å². The lowest BCUT2D eigenvalue weighted by atomic mass is 10.1. The Bertz CT molecular complexity index is 818. The molecule has 2 aromatic rings. The first kappa shape index (κ1) is 21.3. The van der Waals surface area contributed by atoms with E-state index in [2.05, 4.69) is 5.32 Å². The summed E-state index contributed by atoms with van der Waals surface area (Å²) in [7, 11) is 3.38. The molecule has 0 radical (unpaired) electrons. The highest BCUT2D eigenvalue weighted by atomic mass is 16.5. The molecule has 28 heavy (non-hydrogen) atoms. The molecule has 6 heteroatoms. The summed E-state index contributed by atoms with van der Waals surface area (Å²) in [6, 6.07) is 12.0. The van der Waals surface area contributed by atoms with Gasteiger partial charge in [0.15, 0.2) is 11.5 Å². The molecule has 0 spiro atoms. The molecule has 0 aliphatic carbocycles. The summed E-state index contributed by atoms with van der Waals surface area (Å²) in [5.41, 5.74) is 1.53. The Morgan fingerprint density at radius 1 is 0.893 bits per heavy atom. The Morgan fingerprint density at radius 3 is 2.21 bits per heavy atom. The molecule has 150 valence electrons. The van der Waals surface area contributed by atoms with Crippen LogP contribution in [0.3, 0.4) is 0 Å². The van der Waals surface area contributed by atoms with Crippen molar-refractivity contribution in [3.8, 4) is 11.5 Å². The molecule has 2 aromatic carbocycles. The Morgan fingerprint density at radius 2 is 1.57 bits per heavy atom. The average Bonchev–Trinajstić information content (AvgIpc) is 2.70. The number of nitrogens with one attached hydrogen (secondary N) is 1. The lowest BCUT2D eigenvalue weighted by Crippen LogP contribution is -2.22. The zero-order valence-corrected chi connectivity index (χ0v) is 17.0. The number of carbonyl (C=O) groups excluding carboxylic acids is 2. The van der Waals surface area contributed by atoms with Gasteiger partial charge in [-0.3, -0.25) is 9.59 Å². The largest absolute Gasteiger partial charge is 0.490 e. The highest BCUT2D eigenvalue weighted by Gasteiger charge is 2.14. The van der Waals surface area contributed by atoms with Crippen molar-refractivity contribution >= 4 is 17.5 Å². The minimum Gasteiger partial charge on any atom is -0.490 e. The third kappa shape index (κ3) is 5.74. The summed E-state index contributed by atoms with van der Waals surface area (Å²) in [5, 5.41) is 2.83. The normalized spacial score (nSPS) is 10.3. The van der Waals surface area contributed by atoms with Gasteiger partial charge in [-0.2, -0.15) is 0 Å². The molecule has 0 atom stereocenters. The maximum absolute atomic E-state index is 12.7. The second-order valence-electron chi connectivity index (χ2n) is 6.59. The topological polar surface area (TPSA) is 67.9 Å². The fourth-order valence-corrected chi connectivity index (χ4v) is 2.50. The van der Waals surface area contributed by atoms with Gasteiger partial charge >= 0.3 is 0 Å². The average molecular weight is 384 g/mol. The number of nitrogens with zero attached hydrogens (tertiary/aromatic N) is 1. The van der Waals surface area contributed by atoms with Gasteiger partial charge in [-0.1, -0.05) is 19.9 Å². The van der Waals surface area contributed by atoms with E-state index < -0.39 is 0 Å². The van der Waals surface area contributed by atoms with Gasteiger partial charge in [0.25, 0.3) is 11.8 Å². The molecular formula is C22H28N2O4. The molecule has 1 N–H and O–H groups in total. The van der Waals surface area contributed by atoms with Crippen molar-refractivity contribution in [3.63, 3.8) is 0 Å². The highest BCUT2D eigenvalue weighted by Crippen LogP contribution is 2.29. The van der Waals surface area contributed by atoms with Crippen LogP contribution in [0.1, 0.15) is 47.4 Å². The predicted octanol–water partition coefficient (Wildman–Crippen LogP) is 4.22. The van der Waals surface area contributed by atoms with Crippen molar-refractivity contribution in [1.29, 1.82) is 0 Å². The van der Waals surface area contributed by atoms with Crippen LogP contribution in [0.25, 0.3) is 0 Å². The molecule has 0 saturated heterocycles. The summed E-state index contributed by atoms with van der Waals surface area (Å²) in [6.07, 6.45) is 1.74. The van der Waals surface area contributed by atoms with E-state index in [1.807, 2.05) is 13.8 Å². The monoisotopic (exact) mass is 384 g/mol. The first-order chi connectivity index (χ1) is 13.5. The van der Waals surface area contributed by atoms with Crippen molar-refractivity contribution in [3.05, 3.63) is 53.6 Å². The van der Waals surface area contributed by atoms with Crippen LogP contribution in [-0.2, 0) is 0 Å². The first-order valence-electron chi connectivity index (χ1n) is 9.49. The second kappa shape index (κ2) is 10.3. The van der Waals surface area contributed by atoms with Gasteiger partial charge in [0, 0.05) is 30.9 Å². The van der Waals surface area contributed by atoms with Crippen LogP contribution in [-0.4, -0.2) is 44.0 Å². The number of amides is 2. The summed E-state index contributed by atoms with van der Waals surface area (Å²) < 4.78 is 11.4. The molecule has 6 nitrogen and oxygen atoms in total. The van der Waals surface area contributed by atoms with Crippen molar-refractivity contribution in [2.45, 2.75) is 26.7 Å². The zero-order chi connectivity index (χ0) is 20.5. The zero-order valence-electron chi connectivity index (χ0n) is 17.0. The van der Waals surface area contributed by atoms with Crippen LogP contribution in [0.4, 0.5) is 5.69 Å². The van der Waals surface area contributed by atoms with E-state index in [4.69, 9.17) is 9.47 Å². The van der Waals surface area contributed by atoms with Gasteiger partial charge in [-0.25, -0.2) is 0 Å². The van der Waals surface area contributed by atoms with E-state index >= 15 is 0 Å². The van der Waals surface area contributed by atoms with Gasteiger partial charge < -0.3 is 19.7 Å². The van der Waals surface area contributed by atoms with E-state index in [0.29, 0.717) is 41.5 Å². The molecular weight excluding hydrogens is 356 g/mol. The van der Waals surface area contributed by atoms with Crippen LogP contribution in [0, 0.1) is 0 Å². The van der Waals surface area contributed by atoms with E-state index in [-0.39, 0.29) is 11.8 Å². The fourth-order valence-electron chi connectivity index (χ4n) is 2.50. The van der Waals surface area contributed by atoms with Gasteiger partial charge in [-0.05, 0) is 49.2 Å². The van der Waals surface area contributed by atoms with E-state index in [1.165, 1.54) is 4.90 Å². The van der Waals surface area contributed by atoms with Crippen molar-refractivity contribution in [1.82, 2.24) is 4.90 Å². The number of rotatable bonds is 9. The van der Waals surface area contributed by atoms with Crippen LogP contribution in [0.5, 0.6) is 11.5 Å². The number of hydrogen-bond acceptors (Lipinski definition) is 4. The number of benzene rings is 2. The molecule has 0 aliphatic heterocycles. The number of anilines is 1. The summed E-state index contributed by atoms with van der Waals surface area (Å²) in [5.74, 6) is 0.784. The lowest BCUT2D eigenvalue weighted by Gasteiger charge is -2.14. The first-order valence-corrected chi connectivity index (χ1v) is 9.49. The van der Waals surface area contributed by atoms with Crippen molar-refractivity contribution in [2.75, 3.05) is 32.6 Å². The number of hydrogen-bond donors (Lipinski definition) is 1. The Balaban J connectivity index is 2.19. The van der Waals surface area contributed by atoms with Crippen molar-refractivity contribution in [2.24, 2.45) is 0 Å². The van der Waals surface area contributed by atoms with E-state index in [9.17, 15) is 9.59 Å². The SMILES string of the molecule is CCCOc1ccc(C(=O)Nc2cccc(C(=O)N(C)C)c2)cc1OCCC. The van der Waals surface area contributed by atoms with Gasteiger partial charge in [0.2, 0.25) is 0 Å². The molecule has 0 aliphatic rings. The van der Waals surface area contributed by atoms with Gasteiger partial charge in [0.05, 0.1) is 13.2 Å². The second-order valence-corrected chi connectivity index (χ2v) is 6.59. The van der Waals surface area contributed by atoms with Gasteiger partial charge in [-0.15, -0.1) is 0 Å². The maximum Gasteiger partial charge on any atom is 0.255 e. The molecule has 0 fully saturated rings. The predicted molar refractivity (Wildman–Crippen MR) is 110 cm³/mol. The molecule has 0 unspecified atom stereocenters. The van der Waals surface area contributed by atoms with Crippen LogP contribution in [0.2, 0.25) is 0 Å². The smallest absolute Gasteiger partial charge is 0.255 e. The number of ether oxygens (including phenoxy) is 2. The third-order valence-electron chi connectivity index (χ3n) is 3.90. The Kier molecular flexibility index (Phi) is 7.87. The summed E-state index contributed by atoms with van der Waals surface area (Å²) in [4.78, 5) is 26.3. The minimum absolute atomic E-state index is 0.122. The lowest BCUT2D eigenvalue weighted by molar-refractivity contribution is 0.0827. The summed E-state index contributed by atoms with van der Waals surface area (Å²) >= 11 is 0. The van der Waals surface area contributed by atoms with Crippen molar-refractivity contribution < 1.29 is 19.1 Å². The maximum atomic E-state index is 12.7. The highest BCUT2D eigenvalue weighted by molar-refractivity contribution is 6.05.